The number of hydrogen-bond donors (Lipinski definition) is 0. The van der Waals surface area contributed by atoms with Crippen molar-refractivity contribution < 1.29 is 18.3 Å². The minimum atomic E-state index is -2.68. The first-order valence-corrected chi connectivity index (χ1v) is 4.37. The highest BCUT2D eigenvalue weighted by atomic mass is 79.9. The molecule has 1 aromatic rings. The van der Waals surface area contributed by atoms with Crippen molar-refractivity contribution in [2.45, 2.75) is 6.43 Å². The zero-order valence-corrected chi connectivity index (χ0v) is 8.72. The Morgan fingerprint density at radius 1 is 1.57 bits per heavy atom. The number of esters is 1. The smallest absolute Gasteiger partial charge is 0.340 e. The second kappa shape index (κ2) is 4.45. The topological polar surface area (TPSA) is 39.2 Å². The summed E-state index contributed by atoms with van der Waals surface area (Å²) in [5, 5.41) is 0. The van der Waals surface area contributed by atoms with Crippen molar-refractivity contribution in [1.29, 1.82) is 0 Å². The summed E-state index contributed by atoms with van der Waals surface area (Å²) in [6, 6.07) is 0. The predicted octanol–water partition coefficient (Wildman–Crippen LogP) is 2.57. The summed E-state index contributed by atoms with van der Waals surface area (Å²) in [5.41, 5.74) is -0.335. The molecule has 0 bridgehead atoms. The van der Waals surface area contributed by atoms with E-state index in [1.165, 1.54) is 13.3 Å². The number of aromatic nitrogens is 1. The maximum atomic E-state index is 12.4. The van der Waals surface area contributed by atoms with Crippen molar-refractivity contribution in [3.05, 3.63) is 28.0 Å². The average molecular weight is 266 g/mol. The molecule has 0 spiro atoms. The van der Waals surface area contributed by atoms with Crippen LogP contribution in [0.3, 0.4) is 0 Å². The average Bonchev–Trinajstić information content (AvgIpc) is 2.16. The Morgan fingerprint density at radius 3 is 2.71 bits per heavy atom. The van der Waals surface area contributed by atoms with E-state index in [1.54, 1.807) is 0 Å². The highest BCUT2D eigenvalue weighted by Crippen LogP contribution is 2.29. The lowest BCUT2D eigenvalue weighted by Gasteiger charge is -2.06. The van der Waals surface area contributed by atoms with Crippen LogP contribution in [0, 0.1) is 0 Å². The van der Waals surface area contributed by atoms with Crippen molar-refractivity contribution in [3.8, 4) is 0 Å². The van der Waals surface area contributed by atoms with E-state index in [-0.39, 0.29) is 15.6 Å². The normalized spacial score (nSPS) is 10.4. The van der Waals surface area contributed by atoms with Crippen molar-refractivity contribution in [1.82, 2.24) is 4.98 Å². The first kappa shape index (κ1) is 11.0. The Hall–Kier alpha value is -1.04. The van der Waals surface area contributed by atoms with E-state index in [1.807, 2.05) is 0 Å². The monoisotopic (exact) mass is 265 g/mol. The van der Waals surface area contributed by atoms with E-state index < -0.39 is 12.4 Å². The molecule has 0 aliphatic heterocycles. The van der Waals surface area contributed by atoms with Gasteiger partial charge in [0.05, 0.1) is 18.2 Å². The Labute approximate surface area is 87.2 Å². The molecule has 1 rings (SSSR count). The van der Waals surface area contributed by atoms with Crippen LogP contribution in [0.2, 0.25) is 0 Å². The van der Waals surface area contributed by atoms with Crippen LogP contribution < -0.4 is 0 Å². The van der Waals surface area contributed by atoms with E-state index >= 15 is 0 Å². The molecule has 1 aromatic heterocycles. The van der Waals surface area contributed by atoms with Gasteiger partial charge in [-0.25, -0.2) is 13.6 Å². The van der Waals surface area contributed by atoms with Crippen LogP contribution in [0.5, 0.6) is 0 Å². The van der Waals surface area contributed by atoms with Gasteiger partial charge in [0.25, 0.3) is 6.43 Å². The highest BCUT2D eigenvalue weighted by molar-refractivity contribution is 9.10. The molecule has 0 saturated carbocycles. The molecule has 0 aliphatic carbocycles. The van der Waals surface area contributed by atoms with Crippen molar-refractivity contribution in [2.24, 2.45) is 0 Å². The zero-order chi connectivity index (χ0) is 10.7. The van der Waals surface area contributed by atoms with Gasteiger partial charge in [-0.05, 0) is 15.9 Å². The largest absolute Gasteiger partial charge is 0.465 e. The molecule has 6 heteroatoms. The van der Waals surface area contributed by atoms with Gasteiger partial charge in [-0.15, -0.1) is 0 Å². The molecular weight excluding hydrogens is 260 g/mol. The molecular formula is C8H6BrF2NO2. The molecule has 0 N–H and O–H groups in total. The van der Waals surface area contributed by atoms with Crippen molar-refractivity contribution in [2.75, 3.05) is 7.11 Å². The Morgan fingerprint density at radius 2 is 2.21 bits per heavy atom. The van der Waals surface area contributed by atoms with Crippen LogP contribution in [0.25, 0.3) is 0 Å². The summed E-state index contributed by atoms with van der Waals surface area (Å²) in [6.07, 6.45) is -0.510. The number of carbonyl (C=O) groups excluding carboxylic acids is 1. The molecule has 3 nitrogen and oxygen atoms in total. The third-order valence-corrected chi connectivity index (χ3v) is 2.43. The third kappa shape index (κ3) is 2.06. The van der Waals surface area contributed by atoms with E-state index in [0.717, 1.165) is 6.20 Å². The lowest BCUT2D eigenvalue weighted by Crippen LogP contribution is -2.05. The fourth-order valence-corrected chi connectivity index (χ4v) is 1.41. The summed E-state index contributed by atoms with van der Waals surface area (Å²) < 4.78 is 29.1. The van der Waals surface area contributed by atoms with Gasteiger partial charge in [-0.2, -0.15) is 0 Å². The number of rotatable bonds is 2. The number of halogens is 3. The molecule has 14 heavy (non-hydrogen) atoms. The number of nitrogens with zero attached hydrogens (tertiary/aromatic N) is 1. The number of pyridine rings is 1. The molecule has 0 aromatic carbocycles. The van der Waals surface area contributed by atoms with Gasteiger partial charge >= 0.3 is 5.97 Å². The Balaban J connectivity index is 3.20. The van der Waals surface area contributed by atoms with Gasteiger partial charge in [0.1, 0.15) is 0 Å². The molecule has 0 atom stereocenters. The molecule has 0 radical (unpaired) electrons. The van der Waals surface area contributed by atoms with Crippen LogP contribution >= 0.6 is 15.9 Å². The lowest BCUT2D eigenvalue weighted by molar-refractivity contribution is 0.0598. The summed E-state index contributed by atoms with van der Waals surface area (Å²) in [4.78, 5) is 14.6. The molecule has 0 fully saturated rings. The molecule has 0 aliphatic rings. The maximum Gasteiger partial charge on any atom is 0.340 e. The number of hydrogen-bond acceptors (Lipinski definition) is 3. The minimum absolute atomic E-state index is 0.00898. The summed E-state index contributed by atoms with van der Waals surface area (Å²) in [6.45, 7) is 0. The summed E-state index contributed by atoms with van der Waals surface area (Å²) in [5.74, 6) is -0.702. The molecule has 76 valence electrons. The fraction of sp³-hybridized carbons (Fsp3) is 0.250. The zero-order valence-electron chi connectivity index (χ0n) is 7.13. The number of methoxy groups -OCH3 is 1. The third-order valence-electron chi connectivity index (χ3n) is 1.55. The van der Waals surface area contributed by atoms with Crippen molar-refractivity contribution >= 4 is 21.9 Å². The second-order valence-corrected chi connectivity index (χ2v) is 3.18. The van der Waals surface area contributed by atoms with Gasteiger partial charge in [-0.3, -0.25) is 4.98 Å². The molecule has 0 amide bonds. The van der Waals surface area contributed by atoms with E-state index in [0.29, 0.717) is 0 Å². The minimum Gasteiger partial charge on any atom is -0.465 e. The van der Waals surface area contributed by atoms with Gasteiger partial charge in [0.15, 0.2) is 0 Å². The number of alkyl halides is 2. The van der Waals surface area contributed by atoms with E-state index in [2.05, 4.69) is 25.7 Å². The molecule has 0 unspecified atom stereocenters. The predicted molar refractivity (Wildman–Crippen MR) is 48.2 cm³/mol. The van der Waals surface area contributed by atoms with Gasteiger partial charge in [0.2, 0.25) is 0 Å². The second-order valence-electron chi connectivity index (χ2n) is 2.38. The van der Waals surface area contributed by atoms with E-state index in [4.69, 9.17) is 0 Å². The van der Waals surface area contributed by atoms with Crippen LogP contribution in [0.1, 0.15) is 22.3 Å². The van der Waals surface area contributed by atoms with Crippen LogP contribution in [-0.2, 0) is 4.74 Å². The molecule has 0 saturated heterocycles. The first-order valence-electron chi connectivity index (χ1n) is 3.57. The number of carbonyl (C=O) groups is 1. The van der Waals surface area contributed by atoms with Crippen molar-refractivity contribution in [3.63, 3.8) is 0 Å². The van der Waals surface area contributed by atoms with Crippen LogP contribution in [0.15, 0.2) is 16.9 Å². The summed E-state index contributed by atoms with van der Waals surface area (Å²) in [7, 11) is 1.17. The van der Waals surface area contributed by atoms with Crippen LogP contribution in [0.4, 0.5) is 8.78 Å². The highest BCUT2D eigenvalue weighted by Gasteiger charge is 2.19. The quantitative estimate of drug-likeness (QED) is 0.772. The van der Waals surface area contributed by atoms with Gasteiger partial charge < -0.3 is 4.74 Å². The van der Waals surface area contributed by atoms with Crippen LogP contribution in [-0.4, -0.2) is 18.1 Å². The van der Waals surface area contributed by atoms with E-state index in [9.17, 15) is 13.6 Å². The molecule has 1 heterocycles. The standard InChI is InChI=1S/C8H6BrF2NO2/c1-14-8(13)5-3-12-2-4(6(5)9)7(10)11/h2-3,7H,1H3. The maximum absolute atomic E-state index is 12.4. The Bertz CT molecular complexity index is 357. The van der Waals surface area contributed by atoms with Gasteiger partial charge in [0, 0.05) is 16.9 Å². The number of ether oxygens (including phenoxy) is 1. The SMILES string of the molecule is COC(=O)c1cncc(C(F)F)c1Br. The fourth-order valence-electron chi connectivity index (χ4n) is 0.865. The van der Waals surface area contributed by atoms with Gasteiger partial charge in [-0.1, -0.05) is 0 Å². The Kier molecular flexibility index (Phi) is 3.51. The first-order chi connectivity index (χ1) is 6.57. The summed E-state index contributed by atoms with van der Waals surface area (Å²) >= 11 is 2.90. The lowest BCUT2D eigenvalue weighted by atomic mass is 10.2.